The number of hydrogen-bond acceptors (Lipinski definition) is 2. The molecular formula is C16H24O2. The molecule has 0 aliphatic rings. The molecule has 1 aromatic carbocycles. The van der Waals surface area contributed by atoms with Gasteiger partial charge in [-0.2, -0.15) is 0 Å². The van der Waals surface area contributed by atoms with Gasteiger partial charge in [-0.25, -0.2) is 0 Å². The van der Waals surface area contributed by atoms with Crippen molar-refractivity contribution in [1.29, 1.82) is 0 Å². The van der Waals surface area contributed by atoms with E-state index >= 15 is 0 Å². The van der Waals surface area contributed by atoms with E-state index in [2.05, 4.69) is 39.0 Å². The van der Waals surface area contributed by atoms with Gasteiger partial charge in [0.25, 0.3) is 0 Å². The van der Waals surface area contributed by atoms with Gasteiger partial charge in [0.15, 0.2) is 0 Å². The van der Waals surface area contributed by atoms with E-state index in [-0.39, 0.29) is 18.0 Å². The third-order valence-electron chi connectivity index (χ3n) is 3.16. The molecule has 0 N–H and O–H groups in total. The average molecular weight is 248 g/mol. The molecule has 1 rings (SSSR count). The van der Waals surface area contributed by atoms with Crippen LogP contribution in [0.3, 0.4) is 0 Å². The van der Waals surface area contributed by atoms with E-state index < -0.39 is 0 Å². The van der Waals surface area contributed by atoms with E-state index in [1.165, 1.54) is 11.1 Å². The van der Waals surface area contributed by atoms with Crippen LogP contribution in [0.15, 0.2) is 18.2 Å². The van der Waals surface area contributed by atoms with Gasteiger partial charge in [0.1, 0.15) is 6.10 Å². The molecule has 0 saturated heterocycles. The maximum Gasteiger partial charge on any atom is 0.308 e. The predicted molar refractivity (Wildman–Crippen MR) is 74.6 cm³/mol. The summed E-state index contributed by atoms with van der Waals surface area (Å²) in [6.45, 7) is 12.1. The van der Waals surface area contributed by atoms with Gasteiger partial charge < -0.3 is 4.74 Å². The second kappa shape index (κ2) is 6.03. The zero-order valence-electron chi connectivity index (χ0n) is 12.3. The maximum absolute atomic E-state index is 11.6. The topological polar surface area (TPSA) is 26.3 Å². The van der Waals surface area contributed by atoms with E-state index in [0.717, 1.165) is 5.56 Å². The summed E-state index contributed by atoms with van der Waals surface area (Å²) in [5, 5.41) is 0. The van der Waals surface area contributed by atoms with Crippen molar-refractivity contribution in [2.75, 3.05) is 0 Å². The highest BCUT2D eigenvalue weighted by Gasteiger charge is 2.16. The lowest BCUT2D eigenvalue weighted by Gasteiger charge is -2.18. The fourth-order valence-corrected chi connectivity index (χ4v) is 1.89. The Morgan fingerprint density at radius 2 is 1.72 bits per heavy atom. The van der Waals surface area contributed by atoms with Crippen molar-refractivity contribution >= 4 is 5.97 Å². The summed E-state index contributed by atoms with van der Waals surface area (Å²) in [4.78, 5) is 11.6. The number of rotatable bonds is 4. The molecule has 0 amide bonds. The predicted octanol–water partition coefficient (Wildman–Crippen LogP) is 4.38. The molecule has 2 nitrogen and oxygen atoms in total. The van der Waals surface area contributed by atoms with Crippen molar-refractivity contribution in [3.63, 3.8) is 0 Å². The second-order valence-corrected chi connectivity index (χ2v) is 5.50. The molecular weight excluding hydrogens is 224 g/mol. The Bertz CT molecular complexity index is 419. The highest BCUT2D eigenvalue weighted by molar-refractivity contribution is 5.71. The van der Waals surface area contributed by atoms with Crippen LogP contribution in [0.1, 0.15) is 63.3 Å². The molecule has 1 atom stereocenters. The van der Waals surface area contributed by atoms with Crippen LogP contribution in [-0.4, -0.2) is 5.97 Å². The molecule has 100 valence electrons. The molecule has 0 bridgehead atoms. The van der Waals surface area contributed by atoms with Gasteiger partial charge in [0, 0.05) is 0 Å². The van der Waals surface area contributed by atoms with Crippen LogP contribution in [0.4, 0.5) is 0 Å². The lowest BCUT2D eigenvalue weighted by atomic mass is 9.96. The average Bonchev–Trinajstić information content (AvgIpc) is 2.28. The van der Waals surface area contributed by atoms with Gasteiger partial charge in [0.2, 0.25) is 0 Å². The fourth-order valence-electron chi connectivity index (χ4n) is 1.89. The van der Waals surface area contributed by atoms with Crippen molar-refractivity contribution in [2.24, 2.45) is 5.92 Å². The van der Waals surface area contributed by atoms with E-state index in [1.807, 2.05) is 20.8 Å². The van der Waals surface area contributed by atoms with Crippen LogP contribution in [0.25, 0.3) is 0 Å². The summed E-state index contributed by atoms with van der Waals surface area (Å²) >= 11 is 0. The van der Waals surface area contributed by atoms with Gasteiger partial charge in [-0.05, 0) is 36.5 Å². The Morgan fingerprint density at radius 3 is 2.17 bits per heavy atom. The number of aryl methyl sites for hydroxylation is 1. The Kier molecular flexibility index (Phi) is 4.94. The lowest BCUT2D eigenvalue weighted by molar-refractivity contribution is -0.152. The zero-order chi connectivity index (χ0) is 13.9. The number of esters is 1. The normalized spacial score (nSPS) is 12.9. The molecule has 2 heteroatoms. The van der Waals surface area contributed by atoms with Gasteiger partial charge in [-0.3, -0.25) is 4.79 Å². The van der Waals surface area contributed by atoms with E-state index in [1.54, 1.807) is 0 Å². The smallest absolute Gasteiger partial charge is 0.308 e. The van der Waals surface area contributed by atoms with Crippen LogP contribution < -0.4 is 0 Å². The first kappa shape index (κ1) is 14.7. The van der Waals surface area contributed by atoms with Crippen LogP contribution in [0.2, 0.25) is 0 Å². The van der Waals surface area contributed by atoms with Crippen LogP contribution in [0.5, 0.6) is 0 Å². The zero-order valence-corrected chi connectivity index (χ0v) is 12.3. The summed E-state index contributed by atoms with van der Waals surface area (Å²) < 4.78 is 5.44. The minimum atomic E-state index is -0.180. The van der Waals surface area contributed by atoms with Crippen molar-refractivity contribution in [1.82, 2.24) is 0 Å². The van der Waals surface area contributed by atoms with E-state index in [0.29, 0.717) is 5.92 Å². The molecule has 1 aromatic rings. The Labute approximate surface area is 110 Å². The second-order valence-electron chi connectivity index (χ2n) is 5.50. The summed E-state index contributed by atoms with van der Waals surface area (Å²) in [7, 11) is 0. The minimum Gasteiger partial charge on any atom is -0.458 e. The monoisotopic (exact) mass is 248 g/mol. The van der Waals surface area contributed by atoms with E-state index in [9.17, 15) is 4.79 Å². The van der Waals surface area contributed by atoms with Crippen LogP contribution in [-0.2, 0) is 9.53 Å². The molecule has 0 spiro atoms. The number of carbonyl (C=O) groups excluding carboxylic acids is 1. The number of ether oxygens (including phenoxy) is 1. The Balaban J connectivity index is 2.87. The molecule has 18 heavy (non-hydrogen) atoms. The molecule has 0 aliphatic heterocycles. The van der Waals surface area contributed by atoms with Gasteiger partial charge >= 0.3 is 5.97 Å². The number of carbonyl (C=O) groups is 1. The third kappa shape index (κ3) is 3.59. The molecule has 0 aliphatic carbocycles. The van der Waals surface area contributed by atoms with E-state index in [4.69, 9.17) is 4.74 Å². The molecule has 0 heterocycles. The highest BCUT2D eigenvalue weighted by Crippen LogP contribution is 2.25. The Hall–Kier alpha value is -1.31. The Morgan fingerprint density at radius 1 is 1.11 bits per heavy atom. The standard InChI is InChI=1S/C16H24O2/c1-10(2)14-7-8-15(12(5)9-14)13(6)18-16(17)11(3)4/h7-11,13H,1-6H3. The summed E-state index contributed by atoms with van der Waals surface area (Å²) in [5.74, 6) is 0.295. The fraction of sp³-hybridized carbons (Fsp3) is 0.562. The quantitative estimate of drug-likeness (QED) is 0.739. The summed E-state index contributed by atoms with van der Waals surface area (Å²) in [5.41, 5.74) is 3.59. The van der Waals surface area contributed by atoms with Crippen molar-refractivity contribution in [3.8, 4) is 0 Å². The molecule has 0 aromatic heterocycles. The molecule has 0 saturated carbocycles. The first-order chi connectivity index (χ1) is 8.32. The van der Waals surface area contributed by atoms with Crippen LogP contribution >= 0.6 is 0 Å². The number of hydrogen-bond donors (Lipinski definition) is 0. The maximum atomic E-state index is 11.6. The van der Waals surface area contributed by atoms with Gasteiger partial charge in [0.05, 0.1) is 5.92 Å². The van der Waals surface area contributed by atoms with Crippen molar-refractivity contribution < 1.29 is 9.53 Å². The van der Waals surface area contributed by atoms with Gasteiger partial charge in [-0.15, -0.1) is 0 Å². The molecule has 0 radical (unpaired) electrons. The summed E-state index contributed by atoms with van der Waals surface area (Å²) in [6.07, 6.45) is -0.180. The molecule has 0 fully saturated rings. The van der Waals surface area contributed by atoms with Gasteiger partial charge in [-0.1, -0.05) is 45.9 Å². The lowest BCUT2D eigenvalue weighted by Crippen LogP contribution is -2.15. The highest BCUT2D eigenvalue weighted by atomic mass is 16.5. The molecule has 1 unspecified atom stereocenters. The third-order valence-corrected chi connectivity index (χ3v) is 3.16. The summed E-state index contributed by atoms with van der Waals surface area (Å²) in [6, 6.07) is 6.37. The number of benzene rings is 1. The largest absolute Gasteiger partial charge is 0.458 e. The van der Waals surface area contributed by atoms with Crippen molar-refractivity contribution in [2.45, 2.75) is 53.6 Å². The van der Waals surface area contributed by atoms with Crippen molar-refractivity contribution in [3.05, 3.63) is 34.9 Å². The SMILES string of the molecule is Cc1cc(C(C)C)ccc1C(C)OC(=O)C(C)C. The first-order valence-electron chi connectivity index (χ1n) is 6.63. The van der Waals surface area contributed by atoms with Crippen LogP contribution in [0, 0.1) is 12.8 Å². The first-order valence-corrected chi connectivity index (χ1v) is 6.63. The minimum absolute atomic E-state index is 0.0808.